The number of hydrogen-bond acceptors (Lipinski definition) is 3. The van der Waals surface area contributed by atoms with Crippen LogP contribution in [-0.4, -0.2) is 13.5 Å². The monoisotopic (exact) mass is 247 g/mol. The predicted molar refractivity (Wildman–Crippen MR) is 67.3 cm³/mol. The molecule has 76 valence electrons. The second-order valence-electron chi connectivity index (χ2n) is 2.30. The maximum atomic E-state index is 5.39. The molecule has 2 aromatic rings. The van der Waals surface area contributed by atoms with E-state index in [1.54, 1.807) is 12.1 Å². The van der Waals surface area contributed by atoms with Gasteiger partial charge in [-0.25, -0.2) is 0 Å². The van der Waals surface area contributed by atoms with Gasteiger partial charge in [-0.2, -0.15) is 4.51 Å². The lowest BCUT2D eigenvalue weighted by atomic mass is 10.3. The summed E-state index contributed by atoms with van der Waals surface area (Å²) in [4.78, 5) is 0. The number of rotatable bonds is 0. The van der Waals surface area contributed by atoms with Crippen molar-refractivity contribution in [3.63, 3.8) is 0 Å². The molecular weight excluding hydrogens is 235 g/mol. The molecule has 0 aliphatic rings. The minimum atomic E-state index is 0.614. The summed E-state index contributed by atoms with van der Waals surface area (Å²) >= 11 is 0. The predicted octanol–water partition coefficient (Wildman–Crippen LogP) is 2.36. The summed E-state index contributed by atoms with van der Waals surface area (Å²) in [6, 6.07) is 7.25. The first-order chi connectivity index (χ1) is 6.80. The molecule has 0 fully saturated rings. The minimum absolute atomic E-state index is 0.614. The van der Waals surface area contributed by atoms with Crippen LogP contribution in [0.4, 0.5) is 11.4 Å². The van der Waals surface area contributed by atoms with Gasteiger partial charge in [0.25, 0.3) is 0 Å². The maximum absolute atomic E-state index is 5.39. The number of aromatic amines is 2. The number of nitrogens with two attached hydrogens (primary N) is 2. The summed E-state index contributed by atoms with van der Waals surface area (Å²) in [6.07, 6.45) is 0. The molecule has 8 heteroatoms. The zero-order chi connectivity index (χ0) is 10.2. The van der Waals surface area contributed by atoms with Crippen LogP contribution in [0.15, 0.2) is 24.3 Å². The first-order valence-corrected chi connectivity index (χ1v) is 6.60. The number of H-pyrrole nitrogens is 2. The average Bonchev–Trinajstić information content (AvgIpc) is 2.26. The van der Waals surface area contributed by atoms with Crippen molar-refractivity contribution >= 4 is 36.9 Å². The molecule has 0 radical (unpaired) electrons. The van der Waals surface area contributed by atoms with E-state index in [1.165, 1.54) is 0 Å². The summed E-state index contributed by atoms with van der Waals surface area (Å²) in [5.41, 5.74) is 12.1. The molecule has 0 saturated heterocycles. The van der Waals surface area contributed by atoms with Crippen LogP contribution in [0.25, 0.3) is 0 Å². The Labute approximate surface area is 86.7 Å². The highest BCUT2D eigenvalue weighted by atomic mass is 31.1. The van der Waals surface area contributed by atoms with Crippen molar-refractivity contribution in [2.24, 2.45) is 0 Å². The number of aromatic nitrogens is 3. The zero-order valence-corrected chi connectivity index (χ0v) is 10.3. The third-order valence-corrected chi connectivity index (χ3v) is 3.91. The Morgan fingerprint density at radius 3 is 2.07 bits per heavy atom. The number of nitrogen functional groups attached to an aromatic ring is 2. The van der Waals surface area contributed by atoms with Crippen LogP contribution in [0.3, 0.4) is 0 Å². The largest absolute Gasteiger partial charge is 0.397 e. The van der Waals surface area contributed by atoms with Crippen LogP contribution in [0, 0.1) is 0 Å². The third kappa shape index (κ3) is 4.38. The highest BCUT2D eigenvalue weighted by Crippen LogP contribution is 2.10. The Hall–Kier alpha value is -0.880. The average molecular weight is 247 g/mol. The van der Waals surface area contributed by atoms with E-state index in [0.29, 0.717) is 28.4 Å². The van der Waals surface area contributed by atoms with Gasteiger partial charge in [0.15, 0.2) is 0 Å². The van der Waals surface area contributed by atoms with Crippen molar-refractivity contribution in [3.8, 4) is 0 Å². The summed E-state index contributed by atoms with van der Waals surface area (Å²) < 4.78 is 10.0. The number of benzene rings is 1. The fourth-order valence-corrected chi connectivity index (χ4v) is 3.32. The van der Waals surface area contributed by atoms with Crippen molar-refractivity contribution in [2.75, 3.05) is 11.5 Å². The number of nitrogens with zero attached hydrogens (tertiary/aromatic N) is 1. The van der Waals surface area contributed by atoms with Gasteiger partial charge in [-0.15, -0.1) is 0 Å². The third-order valence-electron chi connectivity index (χ3n) is 1.32. The van der Waals surface area contributed by atoms with Gasteiger partial charge in [-0.1, -0.05) is 12.1 Å². The van der Waals surface area contributed by atoms with Gasteiger partial charge in [0.1, 0.15) is 8.51 Å². The second kappa shape index (κ2) is 6.56. The van der Waals surface area contributed by atoms with Crippen molar-refractivity contribution < 1.29 is 0 Å². The first-order valence-electron chi connectivity index (χ1n) is 3.80. The van der Waals surface area contributed by atoms with Crippen LogP contribution in [-0.2, 0) is 0 Å². The SMILES string of the molecule is Nc1ccccc1N.n1p[nH][pH][nH][pH]1. The maximum Gasteiger partial charge on any atom is 0.138 e. The number of nitrogens with one attached hydrogen (secondary N) is 2. The van der Waals surface area contributed by atoms with Crippen molar-refractivity contribution in [2.45, 2.75) is 0 Å². The standard InChI is InChI=1S/C6H8N2.H4N3P3/c7-5-3-1-2-4-6(5)8;1-4-2-6-3-5-1/h1-4H,7-8H2;1,4-5H,(H,2,3). The van der Waals surface area contributed by atoms with Crippen molar-refractivity contribution in [1.29, 1.82) is 0 Å². The number of hydrogen-bond donors (Lipinski definition) is 4. The lowest BCUT2D eigenvalue weighted by Gasteiger charge is -1.94. The molecule has 5 nitrogen and oxygen atoms in total. The summed E-state index contributed by atoms with van der Waals surface area (Å²) in [5.74, 6) is 0. The molecule has 2 rings (SSSR count). The number of anilines is 2. The Kier molecular flexibility index (Phi) is 5.24. The summed E-state index contributed by atoms with van der Waals surface area (Å²) in [5, 5.41) is 0. The molecule has 6 N–H and O–H groups in total. The highest BCUT2D eigenvalue weighted by molar-refractivity contribution is 7.43. The molecule has 0 saturated carbocycles. The van der Waals surface area contributed by atoms with Gasteiger partial charge in [-0.3, -0.25) is 0 Å². The molecule has 1 aromatic carbocycles. The van der Waals surface area contributed by atoms with Gasteiger partial charge in [-0.05, 0) is 12.1 Å². The van der Waals surface area contributed by atoms with Gasteiger partial charge in [0, 0.05) is 17.0 Å². The smallest absolute Gasteiger partial charge is 0.138 e. The molecule has 1 heterocycles. The molecular formula is C6H12N5P3. The molecule has 2 atom stereocenters. The van der Waals surface area contributed by atoms with Crippen molar-refractivity contribution in [1.82, 2.24) is 13.5 Å². The number of para-hydroxylation sites is 2. The molecule has 0 bridgehead atoms. The fourth-order valence-electron chi connectivity index (χ4n) is 0.667. The molecule has 0 spiro atoms. The van der Waals surface area contributed by atoms with E-state index in [2.05, 4.69) is 13.5 Å². The topological polar surface area (TPSA) is 96.5 Å². The molecule has 0 amide bonds. The Morgan fingerprint density at radius 2 is 1.86 bits per heavy atom. The van der Waals surface area contributed by atoms with E-state index in [0.717, 1.165) is 8.51 Å². The first kappa shape index (κ1) is 11.2. The van der Waals surface area contributed by atoms with E-state index < -0.39 is 0 Å². The Balaban J connectivity index is 0.000000146. The van der Waals surface area contributed by atoms with Gasteiger partial charge < -0.3 is 20.5 Å². The van der Waals surface area contributed by atoms with E-state index in [-0.39, 0.29) is 0 Å². The van der Waals surface area contributed by atoms with Gasteiger partial charge in [0.05, 0.1) is 11.4 Å². The van der Waals surface area contributed by atoms with E-state index >= 15 is 0 Å². The Bertz CT molecular complexity index is 323. The molecule has 1 aromatic heterocycles. The summed E-state index contributed by atoms with van der Waals surface area (Å²) in [7, 11) is 2.36. The van der Waals surface area contributed by atoms with Gasteiger partial charge in [0.2, 0.25) is 0 Å². The molecule has 0 aliphatic heterocycles. The summed E-state index contributed by atoms with van der Waals surface area (Å²) in [6.45, 7) is 0. The lowest BCUT2D eigenvalue weighted by Crippen LogP contribution is -1.91. The Morgan fingerprint density at radius 1 is 1.21 bits per heavy atom. The fraction of sp³-hybridized carbons (Fsp3) is 0. The van der Waals surface area contributed by atoms with Crippen molar-refractivity contribution in [3.05, 3.63) is 24.3 Å². The van der Waals surface area contributed by atoms with Crippen LogP contribution >= 0.6 is 25.5 Å². The van der Waals surface area contributed by atoms with Crippen LogP contribution in [0.2, 0.25) is 0 Å². The second-order valence-corrected chi connectivity index (χ2v) is 5.67. The molecule has 0 aliphatic carbocycles. The molecule has 2 unspecified atom stereocenters. The normalized spacial score (nSPS) is 10.3. The lowest BCUT2D eigenvalue weighted by molar-refractivity contribution is 1.67. The quantitative estimate of drug-likeness (QED) is 0.538. The van der Waals surface area contributed by atoms with Crippen LogP contribution < -0.4 is 11.5 Å². The van der Waals surface area contributed by atoms with Crippen LogP contribution in [0.1, 0.15) is 0 Å². The highest BCUT2D eigenvalue weighted by Gasteiger charge is 1.85. The van der Waals surface area contributed by atoms with Gasteiger partial charge >= 0.3 is 0 Å². The van der Waals surface area contributed by atoms with E-state index in [9.17, 15) is 0 Å². The van der Waals surface area contributed by atoms with Crippen LogP contribution in [0.5, 0.6) is 0 Å². The molecule has 14 heavy (non-hydrogen) atoms. The van der Waals surface area contributed by atoms with E-state index in [1.807, 2.05) is 12.1 Å². The van der Waals surface area contributed by atoms with E-state index in [4.69, 9.17) is 11.5 Å². The minimum Gasteiger partial charge on any atom is -0.397 e. The zero-order valence-electron chi connectivity index (χ0n) is 7.36.